The van der Waals surface area contributed by atoms with Crippen LogP contribution in [0.5, 0.6) is 5.75 Å². The Balaban J connectivity index is 1.49. The van der Waals surface area contributed by atoms with Crippen LogP contribution in [0.1, 0.15) is 78.2 Å². The van der Waals surface area contributed by atoms with Gasteiger partial charge >= 0.3 is 0 Å². The second-order valence-corrected chi connectivity index (χ2v) is 14.1. The first-order valence-electron chi connectivity index (χ1n) is 14.6. The van der Waals surface area contributed by atoms with Crippen molar-refractivity contribution in [3.63, 3.8) is 0 Å². The van der Waals surface area contributed by atoms with E-state index in [1.54, 1.807) is 36.4 Å². The highest BCUT2D eigenvalue weighted by molar-refractivity contribution is 6.32. The highest BCUT2D eigenvalue weighted by Crippen LogP contribution is 2.54. The van der Waals surface area contributed by atoms with Crippen molar-refractivity contribution in [2.24, 2.45) is 10.8 Å². The van der Waals surface area contributed by atoms with Gasteiger partial charge < -0.3 is 15.0 Å². The number of anilines is 1. The molecule has 222 valence electrons. The van der Waals surface area contributed by atoms with Crippen molar-refractivity contribution in [1.29, 1.82) is 0 Å². The highest BCUT2D eigenvalue weighted by atomic mass is 35.5. The third-order valence-electron chi connectivity index (χ3n) is 8.25. The van der Waals surface area contributed by atoms with Gasteiger partial charge in [-0.15, -0.1) is 0 Å². The van der Waals surface area contributed by atoms with E-state index in [0.717, 1.165) is 53.9 Å². The molecule has 0 saturated carbocycles. The number of hydrogen-bond donors (Lipinski definition) is 1. The minimum absolute atomic E-state index is 0.0897. The van der Waals surface area contributed by atoms with Crippen LogP contribution < -0.4 is 10.1 Å². The summed E-state index contributed by atoms with van der Waals surface area (Å²) in [5.41, 5.74) is 4.60. The molecule has 2 aromatic carbocycles. The van der Waals surface area contributed by atoms with Gasteiger partial charge in [-0.2, -0.15) is 0 Å². The van der Waals surface area contributed by atoms with Gasteiger partial charge in [-0.05, 0) is 72.1 Å². The number of carbonyl (C=O) groups is 3. The van der Waals surface area contributed by atoms with Gasteiger partial charge in [0.05, 0.1) is 5.02 Å². The molecule has 5 rings (SSSR count). The number of amides is 1. The zero-order chi connectivity index (χ0) is 30.4. The number of nitrogens with one attached hydrogen (secondary N) is 1. The Morgan fingerprint density at radius 2 is 1.48 bits per heavy atom. The molecule has 0 spiro atoms. The summed E-state index contributed by atoms with van der Waals surface area (Å²) in [7, 11) is 0. The molecule has 1 aliphatic heterocycles. The molecule has 0 unspecified atom stereocenters. The summed E-state index contributed by atoms with van der Waals surface area (Å²) in [6.07, 6.45) is 3.32. The average molecular weight is 610 g/mol. The maximum Gasteiger partial charge on any atom is 0.262 e. The van der Waals surface area contributed by atoms with E-state index < -0.39 is 5.92 Å². The second-order valence-electron chi connectivity index (χ2n) is 13.2. The largest absolute Gasteiger partial charge is 0.482 e. The molecule has 2 aliphatic carbocycles. The van der Waals surface area contributed by atoms with Gasteiger partial charge in [0, 0.05) is 58.6 Å². The Bertz CT molecular complexity index is 1450. The number of hydrogen-bond acceptors (Lipinski definition) is 5. The molecule has 2 aromatic rings. The molecule has 3 aliphatic rings. The van der Waals surface area contributed by atoms with Crippen molar-refractivity contribution >= 4 is 46.4 Å². The Labute approximate surface area is 258 Å². The van der Waals surface area contributed by atoms with Crippen molar-refractivity contribution in [1.82, 2.24) is 4.90 Å². The lowest BCUT2D eigenvalue weighted by Crippen LogP contribution is -2.44. The molecule has 42 heavy (non-hydrogen) atoms. The van der Waals surface area contributed by atoms with Gasteiger partial charge in [-0.25, -0.2) is 0 Å². The van der Waals surface area contributed by atoms with E-state index in [1.165, 1.54) is 0 Å². The van der Waals surface area contributed by atoms with Crippen LogP contribution in [-0.2, 0) is 14.4 Å². The van der Waals surface area contributed by atoms with Crippen LogP contribution in [-0.4, -0.2) is 35.5 Å². The molecule has 0 atom stereocenters. The maximum atomic E-state index is 13.9. The number of allylic oxidation sites excluding steroid dienone is 4. The van der Waals surface area contributed by atoms with Crippen LogP contribution in [0.2, 0.25) is 10.0 Å². The third kappa shape index (κ3) is 6.16. The Kier molecular flexibility index (Phi) is 8.34. The van der Waals surface area contributed by atoms with Crippen molar-refractivity contribution in [3.8, 4) is 5.75 Å². The van der Waals surface area contributed by atoms with E-state index >= 15 is 0 Å². The van der Waals surface area contributed by atoms with Crippen molar-refractivity contribution in [3.05, 3.63) is 80.6 Å². The number of benzene rings is 2. The number of Topliss-reactive ketones (excluding diaryl/α,β-unsaturated/α-hetero) is 2. The number of rotatable bonds is 7. The topological polar surface area (TPSA) is 75.7 Å². The summed E-state index contributed by atoms with van der Waals surface area (Å²) < 4.78 is 5.76. The maximum absolute atomic E-state index is 13.9. The first kappa shape index (κ1) is 30.4. The SMILES string of the molecule is CCCN1C2=C(C(=O)CC(C)(C)C2)C(c2ccc(OCC(=O)Nc3ccc(Cl)cc3)c(Cl)c2)C2=C1CC(C)(C)CC2=O. The first-order valence-corrected chi connectivity index (χ1v) is 15.3. The van der Waals surface area contributed by atoms with Gasteiger partial charge in [-0.1, -0.05) is 63.9 Å². The van der Waals surface area contributed by atoms with Gasteiger partial charge in [0.1, 0.15) is 5.75 Å². The number of halogens is 2. The van der Waals surface area contributed by atoms with Gasteiger partial charge in [0.15, 0.2) is 18.2 Å². The smallest absolute Gasteiger partial charge is 0.262 e. The molecular weight excluding hydrogens is 571 g/mol. The monoisotopic (exact) mass is 608 g/mol. The lowest BCUT2D eigenvalue weighted by Gasteiger charge is -2.49. The van der Waals surface area contributed by atoms with Crippen LogP contribution in [0.25, 0.3) is 0 Å². The van der Waals surface area contributed by atoms with Gasteiger partial charge in [-0.3, -0.25) is 14.4 Å². The molecule has 1 heterocycles. The molecule has 0 fully saturated rings. The summed E-state index contributed by atoms with van der Waals surface area (Å²) in [6.45, 7) is 11.2. The molecule has 0 radical (unpaired) electrons. The fourth-order valence-corrected chi connectivity index (χ4v) is 6.93. The molecule has 1 amide bonds. The van der Waals surface area contributed by atoms with E-state index in [9.17, 15) is 14.4 Å². The minimum atomic E-state index is -0.477. The van der Waals surface area contributed by atoms with Crippen molar-refractivity contribution < 1.29 is 19.1 Å². The molecule has 0 bridgehead atoms. The van der Waals surface area contributed by atoms with Crippen molar-refractivity contribution in [2.75, 3.05) is 18.5 Å². The quantitative estimate of drug-likeness (QED) is 0.343. The zero-order valence-corrected chi connectivity index (χ0v) is 26.4. The van der Waals surface area contributed by atoms with Crippen LogP contribution >= 0.6 is 23.2 Å². The molecule has 0 aromatic heterocycles. The minimum Gasteiger partial charge on any atom is -0.482 e. The predicted molar refractivity (Wildman–Crippen MR) is 167 cm³/mol. The summed E-state index contributed by atoms with van der Waals surface area (Å²) in [5, 5.41) is 3.66. The number of nitrogens with zero attached hydrogens (tertiary/aromatic N) is 1. The molecule has 6 nitrogen and oxygen atoms in total. The zero-order valence-electron chi connectivity index (χ0n) is 24.9. The van der Waals surface area contributed by atoms with Crippen LogP contribution in [0.4, 0.5) is 5.69 Å². The Hall–Kier alpha value is -3.09. The first-order chi connectivity index (χ1) is 19.8. The Morgan fingerprint density at radius 1 is 0.905 bits per heavy atom. The molecule has 8 heteroatoms. The number of ether oxygens (including phenoxy) is 1. The van der Waals surface area contributed by atoms with E-state index in [4.69, 9.17) is 27.9 Å². The van der Waals surface area contributed by atoms with E-state index in [0.29, 0.717) is 34.3 Å². The van der Waals surface area contributed by atoms with Crippen LogP contribution in [0.3, 0.4) is 0 Å². The van der Waals surface area contributed by atoms with E-state index in [-0.39, 0.29) is 34.9 Å². The normalized spacial score (nSPS) is 19.9. The lowest BCUT2D eigenvalue weighted by atomic mass is 9.63. The molecule has 1 N–H and O–H groups in total. The van der Waals surface area contributed by atoms with Gasteiger partial charge in [0.2, 0.25) is 0 Å². The lowest BCUT2D eigenvalue weighted by molar-refractivity contribution is -0.120. The summed E-state index contributed by atoms with van der Waals surface area (Å²) in [4.78, 5) is 42.5. The van der Waals surface area contributed by atoms with Crippen LogP contribution in [0, 0.1) is 10.8 Å². The fraction of sp³-hybridized carbons (Fsp3) is 0.441. The van der Waals surface area contributed by atoms with Gasteiger partial charge in [0.25, 0.3) is 5.91 Å². The summed E-state index contributed by atoms with van der Waals surface area (Å²) in [6, 6.07) is 12.2. The average Bonchev–Trinajstić information content (AvgIpc) is 2.88. The molecular formula is C34H38Cl2N2O4. The Morgan fingerprint density at radius 3 is 2.00 bits per heavy atom. The van der Waals surface area contributed by atoms with Crippen molar-refractivity contribution in [2.45, 2.75) is 72.6 Å². The summed E-state index contributed by atoms with van der Waals surface area (Å²) in [5.74, 6) is -0.282. The standard InChI is InChI=1S/C34H38Cl2N2O4/c1-6-13-38-24-15-33(2,3)17-26(39)31(24)30(32-25(38)16-34(4,5)18-27(32)40)20-7-12-28(23(36)14-20)42-19-29(41)37-22-10-8-21(35)9-11-22/h7-12,14,30H,6,13,15-19H2,1-5H3,(H,37,41). The molecule has 0 saturated heterocycles. The van der Waals surface area contributed by atoms with Crippen LogP contribution in [0.15, 0.2) is 65.0 Å². The van der Waals surface area contributed by atoms with E-state index in [1.807, 2.05) is 6.07 Å². The number of carbonyl (C=O) groups excluding carboxylic acids is 3. The second kappa shape index (κ2) is 11.5. The fourth-order valence-electron chi connectivity index (χ4n) is 6.56. The summed E-state index contributed by atoms with van der Waals surface area (Å²) >= 11 is 12.6. The number of ketones is 2. The third-order valence-corrected chi connectivity index (χ3v) is 8.79. The van der Waals surface area contributed by atoms with E-state index in [2.05, 4.69) is 44.8 Å². The predicted octanol–water partition coefficient (Wildman–Crippen LogP) is 8.11. The highest BCUT2D eigenvalue weighted by Gasteiger charge is 2.48.